The molecule has 0 aliphatic rings. The minimum atomic E-state index is -0.234. The van der Waals surface area contributed by atoms with Crippen LogP contribution in [-0.2, 0) is 0 Å². The third kappa shape index (κ3) is 4.43. The highest BCUT2D eigenvalue weighted by Crippen LogP contribution is 2.11. The molecule has 1 aromatic heterocycles. The highest BCUT2D eigenvalue weighted by atomic mass is 35.5. The Bertz CT molecular complexity index is 680. The molecule has 0 unspecified atom stereocenters. The van der Waals surface area contributed by atoms with Crippen LogP contribution in [0.2, 0.25) is 5.02 Å². The molecular weight excluding hydrogens is 284 g/mol. The largest absolute Gasteiger partial charge is 0.347 e. The number of carbonyl (C=O) groups excluding carboxylic acids is 1. The zero-order chi connectivity index (χ0) is 15.2. The molecule has 0 aliphatic carbocycles. The second-order valence-corrected chi connectivity index (χ2v) is 5.25. The molecule has 2 rings (SSSR count). The summed E-state index contributed by atoms with van der Waals surface area (Å²) in [4.78, 5) is 15.8. The molecule has 2 aromatic rings. The lowest BCUT2D eigenvalue weighted by molar-refractivity contribution is 0.0953. The zero-order valence-corrected chi connectivity index (χ0v) is 12.8. The maximum Gasteiger partial charge on any atom is 0.270 e. The molecule has 3 nitrogen and oxygen atoms in total. The molecule has 1 heterocycles. The fourth-order valence-electron chi connectivity index (χ4n) is 1.83. The van der Waals surface area contributed by atoms with Gasteiger partial charge in [-0.25, -0.2) is 0 Å². The van der Waals surface area contributed by atoms with E-state index in [0.29, 0.717) is 17.3 Å². The van der Waals surface area contributed by atoms with Gasteiger partial charge >= 0.3 is 0 Å². The Balaban J connectivity index is 1.90. The third-order valence-corrected chi connectivity index (χ3v) is 3.41. The van der Waals surface area contributed by atoms with Crippen LogP contribution in [0.15, 0.2) is 42.6 Å². The molecule has 0 radical (unpaired) electrons. The average Bonchev–Trinajstić information content (AvgIpc) is 2.47. The van der Waals surface area contributed by atoms with Crippen molar-refractivity contribution in [3.8, 4) is 0 Å². The molecule has 0 saturated carbocycles. The standard InChI is InChI=1S/C17H17ClN2O/c1-12-5-6-14(10-13(12)2)4-3-8-20-17(21)16-11-15(18)7-9-19-16/h3-7,9-11H,8H2,1-2H3,(H,20,21)/b4-3-. The maximum atomic E-state index is 11.8. The lowest BCUT2D eigenvalue weighted by atomic mass is 10.1. The van der Waals surface area contributed by atoms with Gasteiger partial charge in [0, 0.05) is 17.8 Å². The van der Waals surface area contributed by atoms with Crippen LogP contribution in [0.1, 0.15) is 27.2 Å². The van der Waals surface area contributed by atoms with Gasteiger partial charge in [-0.15, -0.1) is 0 Å². The molecule has 0 fully saturated rings. The van der Waals surface area contributed by atoms with Gasteiger partial charge in [0.2, 0.25) is 0 Å². The number of rotatable bonds is 4. The number of pyridine rings is 1. The Labute approximate surface area is 129 Å². The number of hydrogen-bond acceptors (Lipinski definition) is 2. The van der Waals surface area contributed by atoms with E-state index in [1.165, 1.54) is 17.3 Å². The highest BCUT2D eigenvalue weighted by Gasteiger charge is 2.05. The van der Waals surface area contributed by atoms with Gasteiger partial charge in [-0.2, -0.15) is 0 Å². The first-order valence-corrected chi connectivity index (χ1v) is 7.07. The number of benzene rings is 1. The monoisotopic (exact) mass is 300 g/mol. The fourth-order valence-corrected chi connectivity index (χ4v) is 1.99. The summed E-state index contributed by atoms with van der Waals surface area (Å²) < 4.78 is 0. The number of hydrogen-bond donors (Lipinski definition) is 1. The quantitative estimate of drug-likeness (QED) is 0.933. The van der Waals surface area contributed by atoms with Gasteiger partial charge in [0.1, 0.15) is 5.69 Å². The van der Waals surface area contributed by atoms with Gasteiger partial charge in [-0.05, 0) is 42.7 Å². The summed E-state index contributed by atoms with van der Waals surface area (Å²) in [6.45, 7) is 4.61. The second kappa shape index (κ2) is 7.04. The van der Waals surface area contributed by atoms with Crippen molar-refractivity contribution in [2.75, 3.05) is 6.54 Å². The molecule has 4 heteroatoms. The number of aryl methyl sites for hydroxylation is 2. The van der Waals surface area contributed by atoms with E-state index in [4.69, 9.17) is 11.6 Å². The summed E-state index contributed by atoms with van der Waals surface area (Å²) in [5.74, 6) is -0.234. The molecule has 1 aromatic carbocycles. The van der Waals surface area contributed by atoms with Crippen LogP contribution in [0.4, 0.5) is 0 Å². The number of carbonyl (C=O) groups is 1. The van der Waals surface area contributed by atoms with Crippen LogP contribution in [0.3, 0.4) is 0 Å². The van der Waals surface area contributed by atoms with E-state index < -0.39 is 0 Å². The summed E-state index contributed by atoms with van der Waals surface area (Å²) in [5, 5.41) is 3.28. The van der Waals surface area contributed by atoms with Crippen molar-refractivity contribution in [2.45, 2.75) is 13.8 Å². The Morgan fingerprint density at radius 2 is 2.05 bits per heavy atom. The van der Waals surface area contributed by atoms with Gasteiger partial charge in [-0.3, -0.25) is 9.78 Å². The molecule has 0 bridgehead atoms. The lowest BCUT2D eigenvalue weighted by Crippen LogP contribution is -2.24. The Morgan fingerprint density at radius 1 is 1.24 bits per heavy atom. The molecule has 21 heavy (non-hydrogen) atoms. The van der Waals surface area contributed by atoms with E-state index in [2.05, 4.69) is 42.3 Å². The van der Waals surface area contributed by atoms with E-state index in [1.807, 2.05) is 12.2 Å². The van der Waals surface area contributed by atoms with Crippen molar-refractivity contribution in [2.24, 2.45) is 0 Å². The highest BCUT2D eigenvalue weighted by molar-refractivity contribution is 6.30. The van der Waals surface area contributed by atoms with E-state index >= 15 is 0 Å². The van der Waals surface area contributed by atoms with E-state index in [0.717, 1.165) is 5.56 Å². The summed E-state index contributed by atoms with van der Waals surface area (Å²) in [6.07, 6.45) is 5.41. The van der Waals surface area contributed by atoms with Crippen molar-refractivity contribution in [1.29, 1.82) is 0 Å². The summed E-state index contributed by atoms with van der Waals surface area (Å²) in [5.41, 5.74) is 3.96. The molecule has 0 atom stereocenters. The third-order valence-electron chi connectivity index (χ3n) is 3.18. The SMILES string of the molecule is Cc1ccc(/C=C\CNC(=O)c2cc(Cl)ccn2)cc1C. The van der Waals surface area contributed by atoms with Gasteiger partial charge in [0.05, 0.1) is 0 Å². The molecule has 0 spiro atoms. The first kappa shape index (κ1) is 15.3. The van der Waals surface area contributed by atoms with E-state index in [1.54, 1.807) is 12.1 Å². The van der Waals surface area contributed by atoms with Crippen LogP contribution < -0.4 is 5.32 Å². The minimum absolute atomic E-state index is 0.234. The topological polar surface area (TPSA) is 42.0 Å². The van der Waals surface area contributed by atoms with Gasteiger partial charge in [0.15, 0.2) is 0 Å². The van der Waals surface area contributed by atoms with Gasteiger partial charge < -0.3 is 5.32 Å². The number of aromatic nitrogens is 1. The number of amides is 1. The molecule has 0 saturated heterocycles. The normalized spacial score (nSPS) is 10.8. The predicted octanol–water partition coefficient (Wildman–Crippen LogP) is 3.80. The first-order chi connectivity index (χ1) is 10.1. The summed E-state index contributed by atoms with van der Waals surface area (Å²) >= 11 is 5.82. The fraction of sp³-hybridized carbons (Fsp3) is 0.176. The molecule has 1 amide bonds. The van der Waals surface area contributed by atoms with Crippen LogP contribution >= 0.6 is 11.6 Å². The predicted molar refractivity (Wildman–Crippen MR) is 86.5 cm³/mol. The van der Waals surface area contributed by atoms with Crippen molar-refractivity contribution in [3.05, 3.63) is 70.0 Å². The Kier molecular flexibility index (Phi) is 5.12. The van der Waals surface area contributed by atoms with Crippen molar-refractivity contribution in [3.63, 3.8) is 0 Å². The Hall–Kier alpha value is -2.13. The molecule has 108 valence electrons. The molecule has 1 N–H and O–H groups in total. The smallest absolute Gasteiger partial charge is 0.270 e. The summed E-state index contributed by atoms with van der Waals surface area (Å²) in [6, 6.07) is 9.44. The first-order valence-electron chi connectivity index (χ1n) is 6.70. The number of halogens is 1. The average molecular weight is 301 g/mol. The van der Waals surface area contributed by atoms with E-state index in [-0.39, 0.29) is 5.91 Å². The Morgan fingerprint density at radius 3 is 2.76 bits per heavy atom. The molecule has 0 aliphatic heterocycles. The maximum absolute atomic E-state index is 11.8. The van der Waals surface area contributed by atoms with Crippen LogP contribution in [0, 0.1) is 13.8 Å². The zero-order valence-electron chi connectivity index (χ0n) is 12.1. The van der Waals surface area contributed by atoms with Crippen LogP contribution in [0.5, 0.6) is 0 Å². The van der Waals surface area contributed by atoms with Crippen molar-refractivity contribution in [1.82, 2.24) is 10.3 Å². The molecular formula is C17H17ClN2O. The lowest BCUT2D eigenvalue weighted by Gasteiger charge is -2.02. The summed E-state index contributed by atoms with van der Waals surface area (Å²) in [7, 11) is 0. The van der Waals surface area contributed by atoms with Crippen molar-refractivity contribution >= 4 is 23.6 Å². The number of nitrogens with one attached hydrogen (secondary N) is 1. The minimum Gasteiger partial charge on any atom is -0.347 e. The number of nitrogens with zero attached hydrogens (tertiary/aromatic N) is 1. The van der Waals surface area contributed by atoms with Crippen LogP contribution in [-0.4, -0.2) is 17.4 Å². The van der Waals surface area contributed by atoms with Gasteiger partial charge in [0.25, 0.3) is 5.91 Å². The second-order valence-electron chi connectivity index (χ2n) is 4.82. The van der Waals surface area contributed by atoms with Crippen molar-refractivity contribution < 1.29 is 4.79 Å². The van der Waals surface area contributed by atoms with Crippen LogP contribution in [0.25, 0.3) is 6.08 Å². The van der Waals surface area contributed by atoms with Gasteiger partial charge in [-0.1, -0.05) is 42.0 Å². The van der Waals surface area contributed by atoms with E-state index in [9.17, 15) is 4.79 Å².